The van der Waals surface area contributed by atoms with Crippen LogP contribution in [0, 0.1) is 11.3 Å². The second-order valence-corrected chi connectivity index (χ2v) is 4.56. The molecule has 1 aromatic heterocycles. The van der Waals surface area contributed by atoms with Crippen molar-refractivity contribution in [3.8, 4) is 6.07 Å². The SMILES string of the molecule is CCCCCCCCC[n+]1cccc(C#N)c1.[Br-]. The summed E-state index contributed by atoms with van der Waals surface area (Å²) in [6.45, 7) is 3.28. The summed E-state index contributed by atoms with van der Waals surface area (Å²) in [5.74, 6) is 0. The third-order valence-corrected chi connectivity index (χ3v) is 3.01. The molecule has 0 radical (unpaired) electrons. The van der Waals surface area contributed by atoms with Gasteiger partial charge in [0.15, 0.2) is 12.4 Å². The lowest BCUT2D eigenvalue weighted by Gasteiger charge is -1.99. The van der Waals surface area contributed by atoms with Crippen LogP contribution in [0.5, 0.6) is 0 Å². The molecule has 0 saturated heterocycles. The highest BCUT2D eigenvalue weighted by atomic mass is 79.9. The molecule has 0 aromatic carbocycles. The Hall–Kier alpha value is -0.880. The van der Waals surface area contributed by atoms with E-state index in [1.807, 2.05) is 24.5 Å². The average Bonchev–Trinajstić information content (AvgIpc) is 2.38. The Morgan fingerprint density at radius 1 is 1.11 bits per heavy atom. The van der Waals surface area contributed by atoms with Crippen molar-refractivity contribution in [2.45, 2.75) is 58.4 Å². The minimum atomic E-state index is 0. The molecule has 100 valence electrons. The first-order valence-corrected chi connectivity index (χ1v) is 6.76. The van der Waals surface area contributed by atoms with Crippen molar-refractivity contribution in [1.82, 2.24) is 0 Å². The van der Waals surface area contributed by atoms with Crippen molar-refractivity contribution in [3.05, 3.63) is 30.1 Å². The Morgan fingerprint density at radius 3 is 2.44 bits per heavy atom. The number of hydrogen-bond acceptors (Lipinski definition) is 1. The van der Waals surface area contributed by atoms with Crippen LogP contribution < -0.4 is 21.5 Å². The number of aromatic nitrogens is 1. The van der Waals surface area contributed by atoms with Crippen molar-refractivity contribution in [3.63, 3.8) is 0 Å². The lowest BCUT2D eigenvalue weighted by atomic mass is 10.1. The highest BCUT2D eigenvalue weighted by Crippen LogP contribution is 2.06. The number of unbranched alkanes of at least 4 members (excludes halogenated alkanes) is 6. The van der Waals surface area contributed by atoms with E-state index < -0.39 is 0 Å². The molecule has 1 heterocycles. The first-order chi connectivity index (χ1) is 8.36. The Kier molecular flexibility index (Phi) is 10.7. The fourth-order valence-corrected chi connectivity index (χ4v) is 1.98. The summed E-state index contributed by atoms with van der Waals surface area (Å²) < 4.78 is 2.12. The van der Waals surface area contributed by atoms with Crippen LogP contribution in [0.15, 0.2) is 24.5 Å². The minimum Gasteiger partial charge on any atom is -1.00 e. The van der Waals surface area contributed by atoms with Gasteiger partial charge >= 0.3 is 0 Å². The van der Waals surface area contributed by atoms with E-state index in [2.05, 4.69) is 17.6 Å². The Morgan fingerprint density at radius 2 is 1.78 bits per heavy atom. The van der Waals surface area contributed by atoms with E-state index in [1.165, 1.54) is 44.9 Å². The fourth-order valence-electron chi connectivity index (χ4n) is 1.98. The van der Waals surface area contributed by atoms with Crippen LogP contribution in [0.2, 0.25) is 0 Å². The standard InChI is InChI=1S/C15H23N2.BrH/c1-2-3-4-5-6-7-8-11-17-12-9-10-15(13-16)14-17;/h9-10,12,14H,2-8,11H2,1H3;1H/q+1;/p-1. The molecule has 2 nitrogen and oxygen atoms in total. The van der Waals surface area contributed by atoms with Gasteiger partial charge in [0.2, 0.25) is 0 Å². The number of nitriles is 1. The van der Waals surface area contributed by atoms with Gasteiger partial charge in [-0.1, -0.05) is 39.0 Å². The average molecular weight is 311 g/mol. The molecule has 0 aliphatic heterocycles. The summed E-state index contributed by atoms with van der Waals surface area (Å²) in [5, 5.41) is 8.79. The quantitative estimate of drug-likeness (QED) is 0.510. The smallest absolute Gasteiger partial charge is 0.186 e. The van der Waals surface area contributed by atoms with Crippen molar-refractivity contribution >= 4 is 0 Å². The molecule has 0 bridgehead atoms. The molecule has 0 amide bonds. The molecule has 0 unspecified atom stereocenters. The normalized spacial score (nSPS) is 9.56. The molecule has 0 spiro atoms. The first kappa shape index (κ1) is 17.1. The maximum atomic E-state index is 8.79. The van der Waals surface area contributed by atoms with Gasteiger partial charge in [-0.3, -0.25) is 0 Å². The molecule has 0 aliphatic carbocycles. The van der Waals surface area contributed by atoms with Crippen molar-refractivity contribution < 1.29 is 21.5 Å². The zero-order valence-electron chi connectivity index (χ0n) is 11.2. The van der Waals surface area contributed by atoms with E-state index in [-0.39, 0.29) is 17.0 Å². The molecular formula is C15H23BrN2. The van der Waals surface area contributed by atoms with Crippen LogP contribution in [0.4, 0.5) is 0 Å². The summed E-state index contributed by atoms with van der Waals surface area (Å²) in [5.41, 5.74) is 0.746. The number of rotatable bonds is 8. The van der Waals surface area contributed by atoms with Gasteiger partial charge in [-0.25, -0.2) is 4.57 Å². The second-order valence-electron chi connectivity index (χ2n) is 4.56. The lowest BCUT2D eigenvalue weighted by Crippen LogP contribution is -3.00. The first-order valence-electron chi connectivity index (χ1n) is 6.76. The van der Waals surface area contributed by atoms with Crippen molar-refractivity contribution in [2.24, 2.45) is 0 Å². The third-order valence-electron chi connectivity index (χ3n) is 3.01. The maximum absolute atomic E-state index is 8.79. The van der Waals surface area contributed by atoms with Gasteiger partial charge in [0.25, 0.3) is 0 Å². The molecule has 3 heteroatoms. The van der Waals surface area contributed by atoms with Gasteiger partial charge in [-0.15, -0.1) is 0 Å². The van der Waals surface area contributed by atoms with E-state index in [9.17, 15) is 0 Å². The fraction of sp³-hybridized carbons (Fsp3) is 0.600. The molecule has 1 rings (SSSR count). The molecule has 0 atom stereocenters. The summed E-state index contributed by atoms with van der Waals surface area (Å²) in [7, 11) is 0. The monoisotopic (exact) mass is 310 g/mol. The predicted molar refractivity (Wildman–Crippen MR) is 69.3 cm³/mol. The number of halogens is 1. The summed E-state index contributed by atoms with van der Waals surface area (Å²) in [6.07, 6.45) is 13.3. The van der Waals surface area contributed by atoms with Crippen LogP contribution in [0.1, 0.15) is 57.4 Å². The van der Waals surface area contributed by atoms with Gasteiger partial charge in [-0.2, -0.15) is 5.26 Å². The van der Waals surface area contributed by atoms with Crippen molar-refractivity contribution in [1.29, 1.82) is 5.26 Å². The van der Waals surface area contributed by atoms with Crippen LogP contribution in [-0.2, 0) is 6.54 Å². The van der Waals surface area contributed by atoms with E-state index in [0.29, 0.717) is 0 Å². The van der Waals surface area contributed by atoms with Gasteiger partial charge in [0.05, 0.1) is 0 Å². The summed E-state index contributed by atoms with van der Waals surface area (Å²) in [4.78, 5) is 0. The van der Waals surface area contributed by atoms with Gasteiger partial charge in [-0.05, 0) is 12.5 Å². The third kappa shape index (κ3) is 7.45. The molecule has 0 saturated carbocycles. The van der Waals surface area contributed by atoms with Crippen LogP contribution in [-0.4, -0.2) is 0 Å². The predicted octanol–water partition coefficient (Wildman–Crippen LogP) is 0.600. The van der Waals surface area contributed by atoms with E-state index in [0.717, 1.165) is 12.1 Å². The molecule has 0 fully saturated rings. The van der Waals surface area contributed by atoms with Gasteiger partial charge < -0.3 is 17.0 Å². The minimum absolute atomic E-state index is 0. The highest BCUT2D eigenvalue weighted by Gasteiger charge is 2.01. The number of nitrogens with zero attached hydrogens (tertiary/aromatic N) is 2. The zero-order valence-corrected chi connectivity index (χ0v) is 12.8. The largest absolute Gasteiger partial charge is 1.00 e. The van der Waals surface area contributed by atoms with Crippen LogP contribution in [0.3, 0.4) is 0 Å². The molecule has 0 N–H and O–H groups in total. The highest BCUT2D eigenvalue weighted by molar-refractivity contribution is 5.21. The molecule has 18 heavy (non-hydrogen) atoms. The zero-order chi connectivity index (χ0) is 12.3. The van der Waals surface area contributed by atoms with Crippen LogP contribution >= 0.6 is 0 Å². The number of aryl methyl sites for hydroxylation is 1. The van der Waals surface area contributed by atoms with Crippen molar-refractivity contribution in [2.75, 3.05) is 0 Å². The molecule has 0 aliphatic rings. The Balaban J connectivity index is 0.00000289. The molecule has 1 aromatic rings. The topological polar surface area (TPSA) is 27.7 Å². The van der Waals surface area contributed by atoms with Gasteiger partial charge in [0, 0.05) is 12.5 Å². The Labute approximate surface area is 121 Å². The summed E-state index contributed by atoms with van der Waals surface area (Å²) >= 11 is 0. The number of pyridine rings is 1. The summed E-state index contributed by atoms with van der Waals surface area (Å²) in [6, 6.07) is 5.96. The maximum Gasteiger partial charge on any atom is 0.186 e. The second kappa shape index (κ2) is 11.2. The van der Waals surface area contributed by atoms with Gasteiger partial charge in [0.1, 0.15) is 18.2 Å². The number of hydrogen-bond donors (Lipinski definition) is 0. The Bertz CT molecular complexity index is 358. The van der Waals surface area contributed by atoms with Crippen LogP contribution in [0.25, 0.3) is 0 Å². The van der Waals surface area contributed by atoms with E-state index in [1.54, 1.807) is 0 Å². The van der Waals surface area contributed by atoms with E-state index in [4.69, 9.17) is 5.26 Å². The molecular weight excluding hydrogens is 288 g/mol. The van der Waals surface area contributed by atoms with E-state index >= 15 is 0 Å². The lowest BCUT2D eigenvalue weighted by molar-refractivity contribution is -0.697.